The van der Waals surface area contributed by atoms with Crippen LogP contribution in [0.3, 0.4) is 0 Å². The minimum absolute atomic E-state index is 0.0443. The van der Waals surface area contributed by atoms with Crippen LogP contribution in [-0.2, 0) is 10.0 Å². The zero-order valence-corrected chi connectivity index (χ0v) is 9.66. The highest BCUT2D eigenvalue weighted by Gasteiger charge is 2.19. The first-order valence-electron chi connectivity index (χ1n) is 3.70. The molecule has 8 heteroatoms. The van der Waals surface area contributed by atoms with Crippen LogP contribution in [0.1, 0.15) is 6.92 Å². The van der Waals surface area contributed by atoms with Gasteiger partial charge in [-0.2, -0.15) is 0 Å². The predicted octanol–water partition coefficient (Wildman–Crippen LogP) is 0.456. The molecule has 1 atom stereocenters. The number of aliphatic hydroxyl groups is 1. The van der Waals surface area contributed by atoms with Gasteiger partial charge in [0.1, 0.15) is 0 Å². The normalized spacial score (nSPS) is 14.2. The van der Waals surface area contributed by atoms with Crippen molar-refractivity contribution in [1.29, 1.82) is 0 Å². The Bertz CT molecular complexity index is 403. The third-order valence-corrected chi connectivity index (χ3v) is 4.52. The molecule has 1 rings (SSSR count). The first-order chi connectivity index (χ1) is 6.45. The molecule has 0 fully saturated rings. The van der Waals surface area contributed by atoms with E-state index in [9.17, 15) is 8.42 Å². The highest BCUT2D eigenvalue weighted by molar-refractivity contribution is 7.91. The van der Waals surface area contributed by atoms with Crippen LogP contribution in [0.5, 0.6) is 0 Å². The molecule has 0 radical (unpaired) electrons. The van der Waals surface area contributed by atoms with Gasteiger partial charge < -0.3 is 5.11 Å². The first kappa shape index (κ1) is 11.9. The Morgan fingerprint density at radius 1 is 1.79 bits per heavy atom. The molecule has 2 N–H and O–H groups in total. The number of hydrogen-bond donors (Lipinski definition) is 2. The molecule has 0 unspecified atom stereocenters. The van der Waals surface area contributed by atoms with Crippen LogP contribution in [0.25, 0.3) is 0 Å². The molecule has 1 aromatic rings. The van der Waals surface area contributed by atoms with Gasteiger partial charge in [-0.1, -0.05) is 22.9 Å². The number of rotatable bonds is 4. The number of aliphatic hydroxyl groups excluding tert-OH is 1. The summed E-state index contributed by atoms with van der Waals surface area (Å²) in [7, 11) is -3.59. The van der Waals surface area contributed by atoms with E-state index in [-0.39, 0.29) is 15.3 Å². The summed E-state index contributed by atoms with van der Waals surface area (Å²) in [5.41, 5.74) is 0. The van der Waals surface area contributed by atoms with Crippen LogP contribution >= 0.6 is 22.9 Å². The van der Waals surface area contributed by atoms with Gasteiger partial charge >= 0.3 is 0 Å². The van der Waals surface area contributed by atoms with Gasteiger partial charge in [-0.05, 0) is 6.92 Å². The smallest absolute Gasteiger partial charge is 0.252 e. The van der Waals surface area contributed by atoms with Crippen LogP contribution in [0.4, 0.5) is 0 Å². The fourth-order valence-electron chi connectivity index (χ4n) is 0.724. The molecule has 5 nitrogen and oxygen atoms in total. The summed E-state index contributed by atoms with van der Waals surface area (Å²) in [5, 5.41) is 8.68. The Kier molecular flexibility index (Phi) is 3.85. The number of nitrogens with zero attached hydrogens (tertiary/aromatic N) is 1. The van der Waals surface area contributed by atoms with E-state index in [1.54, 1.807) is 6.92 Å². The van der Waals surface area contributed by atoms with Crippen LogP contribution in [0.2, 0.25) is 4.47 Å². The zero-order chi connectivity index (χ0) is 10.8. The lowest BCUT2D eigenvalue weighted by Gasteiger charge is -2.08. The largest absolute Gasteiger partial charge is 0.395 e. The van der Waals surface area contributed by atoms with Crippen molar-refractivity contribution in [3.63, 3.8) is 0 Å². The Morgan fingerprint density at radius 3 is 2.86 bits per heavy atom. The van der Waals surface area contributed by atoms with Crippen molar-refractivity contribution in [1.82, 2.24) is 9.71 Å². The molecular weight excluding hydrogens is 248 g/mol. The van der Waals surface area contributed by atoms with Crippen LogP contribution in [0, 0.1) is 0 Å². The molecule has 0 aromatic carbocycles. The van der Waals surface area contributed by atoms with Crippen LogP contribution in [-0.4, -0.2) is 31.2 Å². The molecular formula is C6H9ClN2O3S2. The van der Waals surface area contributed by atoms with Crippen molar-refractivity contribution in [2.45, 2.75) is 17.2 Å². The monoisotopic (exact) mass is 256 g/mol. The number of thiazole rings is 1. The second-order valence-corrected chi connectivity index (χ2v) is 6.19. The molecule has 0 saturated heterocycles. The van der Waals surface area contributed by atoms with E-state index in [0.29, 0.717) is 0 Å². The summed E-state index contributed by atoms with van der Waals surface area (Å²) in [4.78, 5) is 3.62. The van der Waals surface area contributed by atoms with Gasteiger partial charge in [0.25, 0.3) is 10.0 Å². The molecule has 1 aromatic heterocycles. The highest BCUT2D eigenvalue weighted by atomic mass is 35.5. The van der Waals surface area contributed by atoms with E-state index < -0.39 is 16.1 Å². The SMILES string of the molecule is C[C@@H](CO)NS(=O)(=O)c1cnc(Cl)s1. The summed E-state index contributed by atoms with van der Waals surface area (Å²) in [5.74, 6) is 0. The molecule has 0 aliphatic carbocycles. The average Bonchev–Trinajstić information content (AvgIpc) is 2.51. The van der Waals surface area contributed by atoms with Gasteiger partial charge in [-0.15, -0.1) is 0 Å². The maximum atomic E-state index is 11.5. The van der Waals surface area contributed by atoms with Gasteiger partial charge in [-0.3, -0.25) is 0 Å². The summed E-state index contributed by atoms with van der Waals surface area (Å²) in [6, 6.07) is -0.527. The van der Waals surface area contributed by atoms with Crippen molar-refractivity contribution in [3.8, 4) is 0 Å². The lowest BCUT2D eigenvalue weighted by molar-refractivity contribution is 0.265. The van der Waals surface area contributed by atoms with Crippen molar-refractivity contribution in [2.75, 3.05) is 6.61 Å². The number of hydrogen-bond acceptors (Lipinski definition) is 5. The summed E-state index contributed by atoms with van der Waals surface area (Å²) in [6.07, 6.45) is 1.18. The van der Waals surface area contributed by atoms with Gasteiger partial charge in [0.2, 0.25) is 0 Å². The van der Waals surface area contributed by atoms with Gasteiger partial charge in [0.05, 0.1) is 12.8 Å². The molecule has 80 valence electrons. The van der Waals surface area contributed by atoms with E-state index in [4.69, 9.17) is 16.7 Å². The maximum Gasteiger partial charge on any atom is 0.252 e. The number of nitrogens with one attached hydrogen (secondary N) is 1. The Labute approximate surface area is 90.8 Å². The van der Waals surface area contributed by atoms with Gasteiger partial charge in [0.15, 0.2) is 8.68 Å². The third-order valence-electron chi connectivity index (χ3n) is 1.35. The maximum absolute atomic E-state index is 11.5. The highest BCUT2D eigenvalue weighted by Crippen LogP contribution is 2.22. The molecule has 0 spiro atoms. The zero-order valence-electron chi connectivity index (χ0n) is 7.27. The van der Waals surface area contributed by atoms with E-state index in [0.717, 1.165) is 11.3 Å². The lowest BCUT2D eigenvalue weighted by atomic mass is 10.4. The Hall–Kier alpha value is -0.210. The molecule has 0 aliphatic rings. The van der Waals surface area contributed by atoms with Crippen LogP contribution in [0.15, 0.2) is 10.4 Å². The molecule has 14 heavy (non-hydrogen) atoms. The van der Waals surface area contributed by atoms with Crippen molar-refractivity contribution >= 4 is 33.0 Å². The standard InChI is InChI=1S/C6H9ClN2O3S2/c1-4(3-10)9-14(11,12)5-2-8-6(7)13-5/h2,4,9-10H,3H2,1H3/t4-/m0/s1. The summed E-state index contributed by atoms with van der Waals surface area (Å²) < 4.78 is 25.5. The average molecular weight is 257 g/mol. The summed E-state index contributed by atoms with van der Waals surface area (Å²) in [6.45, 7) is 1.30. The minimum Gasteiger partial charge on any atom is -0.395 e. The van der Waals surface area contributed by atoms with Crippen molar-refractivity contribution < 1.29 is 13.5 Å². The second kappa shape index (κ2) is 4.54. The quantitative estimate of drug-likeness (QED) is 0.820. The van der Waals surface area contributed by atoms with Gasteiger partial charge in [0, 0.05) is 6.04 Å². The second-order valence-electron chi connectivity index (χ2n) is 2.64. The number of sulfonamides is 1. The summed E-state index contributed by atoms with van der Waals surface area (Å²) >= 11 is 6.37. The fraction of sp³-hybridized carbons (Fsp3) is 0.500. The molecule has 0 amide bonds. The predicted molar refractivity (Wildman–Crippen MR) is 54.0 cm³/mol. The molecule has 1 heterocycles. The van der Waals surface area contributed by atoms with Gasteiger partial charge in [-0.25, -0.2) is 18.1 Å². The number of aromatic nitrogens is 1. The minimum atomic E-state index is -3.59. The van der Waals surface area contributed by atoms with Crippen molar-refractivity contribution in [2.24, 2.45) is 0 Å². The van der Waals surface area contributed by atoms with E-state index in [2.05, 4.69) is 9.71 Å². The first-order valence-corrected chi connectivity index (χ1v) is 6.38. The Balaban J connectivity index is 2.86. The van der Waals surface area contributed by atoms with Crippen molar-refractivity contribution in [3.05, 3.63) is 10.7 Å². The van der Waals surface area contributed by atoms with Crippen LogP contribution < -0.4 is 4.72 Å². The Morgan fingerprint density at radius 2 is 2.43 bits per heavy atom. The lowest BCUT2D eigenvalue weighted by Crippen LogP contribution is -2.34. The number of halogens is 1. The molecule has 0 bridgehead atoms. The topological polar surface area (TPSA) is 79.3 Å². The van der Waals surface area contributed by atoms with E-state index in [1.165, 1.54) is 6.20 Å². The van der Waals surface area contributed by atoms with E-state index >= 15 is 0 Å². The third kappa shape index (κ3) is 2.89. The van der Waals surface area contributed by atoms with E-state index in [1.807, 2.05) is 0 Å². The molecule has 0 saturated carbocycles. The molecule has 0 aliphatic heterocycles. The fourth-order valence-corrected chi connectivity index (χ4v) is 3.27.